The summed E-state index contributed by atoms with van der Waals surface area (Å²) in [6.07, 6.45) is 1.66. The van der Waals surface area contributed by atoms with Gasteiger partial charge in [0, 0.05) is 11.8 Å². The molecule has 0 fully saturated rings. The lowest BCUT2D eigenvalue weighted by Crippen LogP contribution is -2.22. The molecule has 0 aliphatic carbocycles. The second-order valence-corrected chi connectivity index (χ2v) is 4.73. The lowest BCUT2D eigenvalue weighted by Gasteiger charge is -2.12. The molecule has 0 atom stereocenters. The fourth-order valence-electron chi connectivity index (χ4n) is 1.95. The monoisotopic (exact) mass is 312 g/mol. The van der Waals surface area contributed by atoms with Gasteiger partial charge in [-0.1, -0.05) is 30.9 Å². The Hall–Kier alpha value is -2.95. The highest BCUT2D eigenvalue weighted by molar-refractivity contribution is 5.95. The quantitative estimate of drug-likeness (QED) is 0.734. The van der Waals surface area contributed by atoms with E-state index in [9.17, 15) is 4.79 Å². The Kier molecular flexibility index (Phi) is 6.06. The first-order chi connectivity index (χ1) is 11.2. The van der Waals surface area contributed by atoms with Crippen molar-refractivity contribution in [2.75, 3.05) is 30.9 Å². The van der Waals surface area contributed by atoms with Crippen LogP contribution in [0.5, 0.6) is 11.5 Å². The minimum absolute atomic E-state index is 0.142. The molecule has 0 saturated carbocycles. The number of nitrogens with one attached hydrogen (secondary N) is 2. The molecular formula is C18H20N2O3. The van der Waals surface area contributed by atoms with E-state index in [2.05, 4.69) is 17.2 Å². The molecule has 1 amide bonds. The maximum Gasteiger partial charge on any atom is 0.243 e. The molecule has 0 radical (unpaired) electrons. The van der Waals surface area contributed by atoms with Crippen LogP contribution in [0.2, 0.25) is 0 Å². The molecule has 0 saturated heterocycles. The Morgan fingerprint density at radius 2 is 2.04 bits per heavy atom. The summed E-state index contributed by atoms with van der Waals surface area (Å²) >= 11 is 0. The minimum Gasteiger partial charge on any atom is -0.497 e. The van der Waals surface area contributed by atoms with Crippen molar-refractivity contribution in [2.45, 2.75) is 0 Å². The number of amides is 1. The zero-order valence-corrected chi connectivity index (χ0v) is 13.0. The highest BCUT2D eigenvalue weighted by atomic mass is 16.5. The van der Waals surface area contributed by atoms with Crippen molar-refractivity contribution in [3.05, 3.63) is 61.2 Å². The van der Waals surface area contributed by atoms with Gasteiger partial charge >= 0.3 is 0 Å². The third-order valence-electron chi connectivity index (χ3n) is 3.04. The number of rotatable bonds is 8. The molecule has 2 aromatic carbocycles. The lowest BCUT2D eigenvalue weighted by molar-refractivity contribution is -0.114. The predicted octanol–water partition coefficient (Wildman–Crippen LogP) is 3.31. The largest absolute Gasteiger partial charge is 0.497 e. The molecule has 5 heteroatoms. The number of anilines is 2. The number of methoxy groups -OCH3 is 1. The molecule has 0 aliphatic heterocycles. The number of para-hydroxylation sites is 2. The van der Waals surface area contributed by atoms with Crippen molar-refractivity contribution >= 4 is 17.3 Å². The Labute approximate surface area is 135 Å². The zero-order chi connectivity index (χ0) is 16.5. The third-order valence-corrected chi connectivity index (χ3v) is 3.04. The number of carbonyl (C=O) groups is 1. The summed E-state index contributed by atoms with van der Waals surface area (Å²) in [5, 5.41) is 5.88. The molecule has 0 aromatic heterocycles. The number of carbonyl (C=O) groups excluding carboxylic acids is 1. The van der Waals surface area contributed by atoms with Crippen molar-refractivity contribution in [3.8, 4) is 11.5 Å². The maximum atomic E-state index is 12.1. The lowest BCUT2D eigenvalue weighted by atomic mass is 10.3. The van der Waals surface area contributed by atoms with Gasteiger partial charge in [-0.15, -0.1) is 0 Å². The van der Waals surface area contributed by atoms with Crippen LogP contribution < -0.4 is 20.1 Å². The second-order valence-electron chi connectivity index (χ2n) is 4.73. The predicted molar refractivity (Wildman–Crippen MR) is 92.2 cm³/mol. The summed E-state index contributed by atoms with van der Waals surface area (Å²) in [4.78, 5) is 12.1. The van der Waals surface area contributed by atoms with E-state index in [0.29, 0.717) is 18.0 Å². The van der Waals surface area contributed by atoms with E-state index in [-0.39, 0.29) is 12.5 Å². The van der Waals surface area contributed by atoms with Crippen molar-refractivity contribution in [3.63, 3.8) is 0 Å². The van der Waals surface area contributed by atoms with Gasteiger partial charge in [0.05, 0.1) is 19.3 Å². The van der Waals surface area contributed by atoms with E-state index in [1.165, 1.54) is 0 Å². The van der Waals surface area contributed by atoms with E-state index < -0.39 is 0 Å². The molecule has 0 unspecified atom stereocenters. The first kappa shape index (κ1) is 16.4. The summed E-state index contributed by atoms with van der Waals surface area (Å²) in [6.45, 7) is 4.14. The van der Waals surface area contributed by atoms with Crippen molar-refractivity contribution < 1.29 is 14.3 Å². The van der Waals surface area contributed by atoms with Gasteiger partial charge in [0.2, 0.25) is 5.91 Å². The molecule has 0 spiro atoms. The number of hydrogen-bond acceptors (Lipinski definition) is 4. The van der Waals surface area contributed by atoms with Gasteiger partial charge in [-0.05, 0) is 24.3 Å². The third kappa shape index (κ3) is 5.07. The number of hydrogen-bond donors (Lipinski definition) is 2. The van der Waals surface area contributed by atoms with Crippen molar-refractivity contribution in [2.24, 2.45) is 0 Å². The fourth-order valence-corrected chi connectivity index (χ4v) is 1.95. The van der Waals surface area contributed by atoms with Crippen LogP contribution >= 0.6 is 0 Å². The van der Waals surface area contributed by atoms with Crippen molar-refractivity contribution in [1.29, 1.82) is 0 Å². The summed E-state index contributed by atoms with van der Waals surface area (Å²) < 4.78 is 10.7. The standard InChI is InChI=1S/C18H20N2O3/c1-3-11-23-17-10-5-4-9-16(17)20-18(21)13-19-14-7-6-8-15(12-14)22-2/h3-10,12,19H,1,11,13H2,2H3,(H,20,21). The molecule has 2 N–H and O–H groups in total. The van der Waals surface area contributed by atoms with Crippen LogP contribution in [0.25, 0.3) is 0 Å². The van der Waals surface area contributed by atoms with Crippen LogP contribution in [-0.4, -0.2) is 26.2 Å². The Morgan fingerprint density at radius 1 is 1.22 bits per heavy atom. The second kappa shape index (κ2) is 8.48. The number of ether oxygens (including phenoxy) is 2. The van der Waals surface area contributed by atoms with E-state index in [1.807, 2.05) is 36.4 Å². The average Bonchev–Trinajstić information content (AvgIpc) is 2.59. The zero-order valence-electron chi connectivity index (χ0n) is 13.0. The molecule has 120 valence electrons. The van der Waals surface area contributed by atoms with Crippen LogP contribution in [0.15, 0.2) is 61.2 Å². The van der Waals surface area contributed by atoms with E-state index >= 15 is 0 Å². The molecule has 2 rings (SSSR count). The highest BCUT2D eigenvalue weighted by Gasteiger charge is 2.07. The first-order valence-corrected chi connectivity index (χ1v) is 7.23. The topological polar surface area (TPSA) is 59.6 Å². The Morgan fingerprint density at radius 3 is 2.83 bits per heavy atom. The summed E-state index contributed by atoms with van der Waals surface area (Å²) in [7, 11) is 1.60. The summed E-state index contributed by atoms with van der Waals surface area (Å²) in [6, 6.07) is 14.7. The van der Waals surface area contributed by atoms with Gasteiger partial charge in [-0.2, -0.15) is 0 Å². The molecular weight excluding hydrogens is 292 g/mol. The van der Waals surface area contributed by atoms with Gasteiger partial charge in [0.1, 0.15) is 18.1 Å². The van der Waals surface area contributed by atoms with Crippen LogP contribution in [0, 0.1) is 0 Å². The summed E-state index contributed by atoms with van der Waals surface area (Å²) in [5.41, 5.74) is 1.45. The normalized spacial score (nSPS) is 9.78. The average molecular weight is 312 g/mol. The van der Waals surface area contributed by atoms with E-state index in [0.717, 1.165) is 11.4 Å². The summed E-state index contributed by atoms with van der Waals surface area (Å²) in [5.74, 6) is 1.18. The molecule has 2 aromatic rings. The molecule has 0 aliphatic rings. The molecule has 5 nitrogen and oxygen atoms in total. The van der Waals surface area contributed by atoms with Gasteiger partial charge < -0.3 is 20.1 Å². The van der Waals surface area contributed by atoms with E-state index in [1.54, 1.807) is 25.3 Å². The highest BCUT2D eigenvalue weighted by Crippen LogP contribution is 2.23. The van der Waals surface area contributed by atoms with Gasteiger partial charge in [0.25, 0.3) is 0 Å². The Balaban J connectivity index is 1.93. The van der Waals surface area contributed by atoms with Gasteiger partial charge in [0.15, 0.2) is 0 Å². The van der Waals surface area contributed by atoms with Crippen LogP contribution in [-0.2, 0) is 4.79 Å². The molecule has 0 bridgehead atoms. The van der Waals surface area contributed by atoms with Crippen LogP contribution in [0.3, 0.4) is 0 Å². The van der Waals surface area contributed by atoms with Gasteiger partial charge in [-0.3, -0.25) is 4.79 Å². The fraction of sp³-hybridized carbons (Fsp3) is 0.167. The SMILES string of the molecule is C=CCOc1ccccc1NC(=O)CNc1cccc(OC)c1. The van der Waals surface area contributed by atoms with Crippen LogP contribution in [0.4, 0.5) is 11.4 Å². The van der Waals surface area contributed by atoms with Crippen molar-refractivity contribution in [1.82, 2.24) is 0 Å². The molecule has 0 heterocycles. The molecule has 23 heavy (non-hydrogen) atoms. The number of benzene rings is 2. The smallest absolute Gasteiger partial charge is 0.243 e. The minimum atomic E-state index is -0.164. The van der Waals surface area contributed by atoms with Gasteiger partial charge in [-0.25, -0.2) is 0 Å². The Bertz CT molecular complexity index is 671. The van der Waals surface area contributed by atoms with E-state index in [4.69, 9.17) is 9.47 Å². The maximum absolute atomic E-state index is 12.1. The first-order valence-electron chi connectivity index (χ1n) is 7.23. The van der Waals surface area contributed by atoms with Crippen LogP contribution in [0.1, 0.15) is 0 Å².